The largest absolute Gasteiger partial charge is 0.480 e. The lowest BCUT2D eigenvalue weighted by molar-refractivity contribution is -0.128. The van der Waals surface area contributed by atoms with E-state index in [9.17, 15) is 4.79 Å². The summed E-state index contributed by atoms with van der Waals surface area (Å²) in [5.74, 6) is 0.690. The van der Waals surface area contributed by atoms with Gasteiger partial charge in [-0.3, -0.25) is 9.69 Å². The van der Waals surface area contributed by atoms with E-state index < -0.39 is 6.10 Å². The van der Waals surface area contributed by atoms with Crippen LogP contribution in [0.25, 0.3) is 0 Å². The van der Waals surface area contributed by atoms with Crippen LogP contribution in [0, 0.1) is 13.8 Å². The van der Waals surface area contributed by atoms with Crippen LogP contribution in [0.1, 0.15) is 35.6 Å². The second-order valence-electron chi connectivity index (χ2n) is 7.71. The Labute approximate surface area is 174 Å². The molecule has 1 fully saturated rings. The van der Waals surface area contributed by atoms with Gasteiger partial charge in [-0.15, -0.1) is 0 Å². The highest BCUT2D eigenvalue weighted by Crippen LogP contribution is 2.21. The number of nitrogens with zero attached hydrogens (tertiary/aromatic N) is 1. The van der Waals surface area contributed by atoms with E-state index in [4.69, 9.17) is 9.47 Å². The number of nitrogens with one attached hydrogen (secondary N) is 1. The number of amides is 1. The summed E-state index contributed by atoms with van der Waals surface area (Å²) in [4.78, 5) is 15.0. The summed E-state index contributed by atoms with van der Waals surface area (Å²) >= 11 is 0. The normalized spacial score (nSPS) is 15.7. The van der Waals surface area contributed by atoms with E-state index in [0.29, 0.717) is 13.0 Å². The average Bonchev–Trinajstić information content (AvgIpc) is 2.73. The summed E-state index contributed by atoms with van der Waals surface area (Å²) < 4.78 is 11.4. The molecule has 156 valence electrons. The maximum absolute atomic E-state index is 12.6. The van der Waals surface area contributed by atoms with E-state index in [1.165, 1.54) is 11.1 Å². The molecule has 1 atom stereocenters. The number of hydrogen-bond acceptors (Lipinski definition) is 4. The molecule has 29 heavy (non-hydrogen) atoms. The van der Waals surface area contributed by atoms with Gasteiger partial charge in [-0.25, -0.2) is 0 Å². The van der Waals surface area contributed by atoms with Crippen molar-refractivity contribution < 1.29 is 14.3 Å². The predicted octanol–water partition coefficient (Wildman–Crippen LogP) is 3.61. The third kappa shape index (κ3) is 6.31. The molecule has 0 bridgehead atoms. The second kappa shape index (κ2) is 10.4. The minimum Gasteiger partial charge on any atom is -0.480 e. The fourth-order valence-corrected chi connectivity index (χ4v) is 3.49. The van der Waals surface area contributed by atoms with Gasteiger partial charge in [-0.2, -0.15) is 0 Å². The minimum atomic E-state index is -0.489. The summed E-state index contributed by atoms with van der Waals surface area (Å²) in [5, 5.41) is 3.01. The van der Waals surface area contributed by atoms with Gasteiger partial charge in [0, 0.05) is 26.2 Å². The fraction of sp³-hybridized carbons (Fsp3) is 0.458. The van der Waals surface area contributed by atoms with Crippen molar-refractivity contribution in [1.82, 2.24) is 10.2 Å². The topological polar surface area (TPSA) is 50.8 Å². The Morgan fingerprint density at radius 3 is 2.45 bits per heavy atom. The van der Waals surface area contributed by atoms with Crippen LogP contribution in [0.2, 0.25) is 0 Å². The molecule has 0 spiro atoms. The van der Waals surface area contributed by atoms with Crippen LogP contribution in [-0.4, -0.2) is 43.2 Å². The quantitative estimate of drug-likeness (QED) is 0.741. The smallest absolute Gasteiger partial charge is 0.261 e. The third-order valence-corrected chi connectivity index (χ3v) is 5.26. The van der Waals surface area contributed by atoms with Crippen LogP contribution in [0.4, 0.5) is 0 Å². The van der Waals surface area contributed by atoms with E-state index in [1.807, 2.05) is 32.9 Å². The Hall–Kier alpha value is -2.37. The Morgan fingerprint density at radius 1 is 1.10 bits per heavy atom. The van der Waals surface area contributed by atoms with Gasteiger partial charge in [0.15, 0.2) is 6.10 Å². The molecule has 0 radical (unpaired) electrons. The van der Waals surface area contributed by atoms with Crippen LogP contribution in [0.3, 0.4) is 0 Å². The van der Waals surface area contributed by atoms with Crippen LogP contribution in [-0.2, 0) is 22.6 Å². The number of morpholine rings is 1. The standard InChI is InChI=1S/C24H32N2O3/c1-4-22(29-23-10-5-18(2)15-19(23)3)24(27)25-16-20-6-8-21(9-7-20)17-26-11-13-28-14-12-26/h5-10,15,22H,4,11-14,16-17H2,1-3H3,(H,25,27)/t22-/m1/s1. The van der Waals surface area contributed by atoms with Crippen molar-refractivity contribution in [2.75, 3.05) is 26.3 Å². The molecule has 1 saturated heterocycles. The molecule has 5 nitrogen and oxygen atoms in total. The van der Waals surface area contributed by atoms with Crippen molar-refractivity contribution in [3.63, 3.8) is 0 Å². The lowest BCUT2D eigenvalue weighted by Crippen LogP contribution is -2.37. The maximum Gasteiger partial charge on any atom is 0.261 e. The molecule has 2 aromatic rings. The molecule has 3 rings (SSSR count). The Bertz CT molecular complexity index is 798. The maximum atomic E-state index is 12.6. The van der Waals surface area contributed by atoms with Gasteiger partial charge < -0.3 is 14.8 Å². The van der Waals surface area contributed by atoms with E-state index >= 15 is 0 Å². The molecule has 2 aromatic carbocycles. The molecular weight excluding hydrogens is 364 g/mol. The van der Waals surface area contributed by atoms with E-state index in [0.717, 1.165) is 49.7 Å². The summed E-state index contributed by atoms with van der Waals surface area (Å²) in [6, 6.07) is 14.5. The molecule has 1 aliphatic heterocycles. The first-order chi connectivity index (χ1) is 14.0. The number of benzene rings is 2. The summed E-state index contributed by atoms with van der Waals surface area (Å²) in [7, 11) is 0. The fourth-order valence-electron chi connectivity index (χ4n) is 3.49. The highest BCUT2D eigenvalue weighted by molar-refractivity contribution is 5.81. The first-order valence-electron chi connectivity index (χ1n) is 10.4. The van der Waals surface area contributed by atoms with E-state index in [-0.39, 0.29) is 5.91 Å². The molecule has 1 aliphatic rings. The number of aryl methyl sites for hydroxylation is 2. The lowest BCUT2D eigenvalue weighted by atomic mass is 10.1. The zero-order valence-corrected chi connectivity index (χ0v) is 17.7. The van der Waals surface area contributed by atoms with Crippen molar-refractivity contribution in [2.24, 2.45) is 0 Å². The third-order valence-electron chi connectivity index (χ3n) is 5.26. The van der Waals surface area contributed by atoms with Gasteiger partial charge in [0.25, 0.3) is 5.91 Å². The molecule has 5 heteroatoms. The molecule has 0 aliphatic carbocycles. The first kappa shape index (κ1) is 21.3. The summed E-state index contributed by atoms with van der Waals surface area (Å²) in [6.45, 7) is 11.1. The summed E-state index contributed by atoms with van der Waals surface area (Å²) in [6.07, 6.45) is 0.134. The molecular formula is C24H32N2O3. The van der Waals surface area contributed by atoms with Crippen molar-refractivity contribution >= 4 is 5.91 Å². The number of rotatable bonds is 8. The van der Waals surface area contributed by atoms with Gasteiger partial charge >= 0.3 is 0 Å². The minimum absolute atomic E-state index is 0.0788. The van der Waals surface area contributed by atoms with E-state index in [2.05, 4.69) is 40.5 Å². The van der Waals surface area contributed by atoms with Gasteiger partial charge in [0.1, 0.15) is 5.75 Å². The number of carbonyl (C=O) groups is 1. The molecule has 1 N–H and O–H groups in total. The Balaban J connectivity index is 1.50. The van der Waals surface area contributed by atoms with Crippen LogP contribution < -0.4 is 10.1 Å². The van der Waals surface area contributed by atoms with E-state index in [1.54, 1.807) is 0 Å². The molecule has 0 saturated carbocycles. The molecule has 1 amide bonds. The first-order valence-corrected chi connectivity index (χ1v) is 10.4. The van der Waals surface area contributed by atoms with Crippen molar-refractivity contribution in [3.05, 3.63) is 64.7 Å². The van der Waals surface area contributed by atoms with Crippen LogP contribution in [0.5, 0.6) is 5.75 Å². The molecule has 0 unspecified atom stereocenters. The zero-order chi connectivity index (χ0) is 20.6. The van der Waals surface area contributed by atoms with Gasteiger partial charge in [0.2, 0.25) is 0 Å². The highest BCUT2D eigenvalue weighted by Gasteiger charge is 2.19. The van der Waals surface area contributed by atoms with Crippen molar-refractivity contribution in [3.8, 4) is 5.75 Å². The van der Waals surface area contributed by atoms with Crippen LogP contribution >= 0.6 is 0 Å². The van der Waals surface area contributed by atoms with Gasteiger partial charge in [-0.1, -0.05) is 48.9 Å². The molecule has 1 heterocycles. The Kier molecular flexibility index (Phi) is 7.67. The summed E-state index contributed by atoms with van der Waals surface area (Å²) in [5.41, 5.74) is 4.61. The second-order valence-corrected chi connectivity index (χ2v) is 7.71. The monoisotopic (exact) mass is 396 g/mol. The Morgan fingerprint density at radius 2 is 1.79 bits per heavy atom. The predicted molar refractivity (Wildman–Crippen MR) is 115 cm³/mol. The lowest BCUT2D eigenvalue weighted by Gasteiger charge is -2.26. The zero-order valence-electron chi connectivity index (χ0n) is 17.7. The van der Waals surface area contributed by atoms with Gasteiger partial charge in [0.05, 0.1) is 13.2 Å². The number of hydrogen-bond donors (Lipinski definition) is 1. The van der Waals surface area contributed by atoms with Crippen LogP contribution in [0.15, 0.2) is 42.5 Å². The van der Waals surface area contributed by atoms with Crippen molar-refractivity contribution in [2.45, 2.75) is 46.4 Å². The number of carbonyl (C=O) groups excluding carboxylic acids is 1. The average molecular weight is 397 g/mol. The number of ether oxygens (including phenoxy) is 2. The van der Waals surface area contributed by atoms with Gasteiger partial charge in [-0.05, 0) is 43.0 Å². The SMILES string of the molecule is CC[C@@H](Oc1ccc(C)cc1C)C(=O)NCc1ccc(CN2CCOCC2)cc1. The van der Waals surface area contributed by atoms with Crippen molar-refractivity contribution in [1.29, 1.82) is 0 Å². The molecule has 0 aromatic heterocycles. The highest BCUT2D eigenvalue weighted by atomic mass is 16.5.